The van der Waals surface area contributed by atoms with Crippen LogP contribution in [0.2, 0.25) is 0 Å². The minimum atomic E-state index is -0.362. The lowest BCUT2D eigenvalue weighted by molar-refractivity contribution is -0.118. The quantitative estimate of drug-likeness (QED) is 0.859. The molecule has 1 aliphatic carbocycles. The van der Waals surface area contributed by atoms with Gasteiger partial charge in [-0.15, -0.1) is 0 Å². The molecular weight excluding hydrogens is 243 g/mol. The van der Waals surface area contributed by atoms with Gasteiger partial charge in [0, 0.05) is 5.92 Å². The molecule has 1 aromatic rings. The number of nitrogens with one attached hydrogen (secondary N) is 2. The molecule has 2 fully saturated rings. The van der Waals surface area contributed by atoms with Crippen molar-refractivity contribution in [3.8, 4) is 0 Å². The maximum absolute atomic E-state index is 13.6. The Balaban J connectivity index is 1.68. The molecule has 3 rings (SSSR count). The van der Waals surface area contributed by atoms with Gasteiger partial charge in [0.1, 0.15) is 5.82 Å². The summed E-state index contributed by atoms with van der Waals surface area (Å²) < 4.78 is 13.6. The lowest BCUT2D eigenvalue weighted by atomic mass is 9.92. The SMILES string of the molecule is Cc1ccc(F)c(NC(=O)C2CC23CCNCC3)c1. The van der Waals surface area contributed by atoms with Gasteiger partial charge in [0.05, 0.1) is 5.69 Å². The third kappa shape index (κ3) is 2.37. The number of aryl methyl sites for hydroxylation is 1. The molecule has 1 amide bonds. The van der Waals surface area contributed by atoms with Gasteiger partial charge in [0.15, 0.2) is 0 Å². The lowest BCUT2D eigenvalue weighted by Gasteiger charge is -2.23. The van der Waals surface area contributed by atoms with Crippen LogP contribution in [0.1, 0.15) is 24.8 Å². The van der Waals surface area contributed by atoms with Crippen LogP contribution in [0.15, 0.2) is 18.2 Å². The van der Waals surface area contributed by atoms with Crippen LogP contribution < -0.4 is 10.6 Å². The molecule has 102 valence electrons. The number of benzene rings is 1. The summed E-state index contributed by atoms with van der Waals surface area (Å²) >= 11 is 0. The van der Waals surface area contributed by atoms with Gasteiger partial charge < -0.3 is 10.6 Å². The summed E-state index contributed by atoms with van der Waals surface area (Å²) in [6.07, 6.45) is 3.07. The molecule has 1 heterocycles. The molecular formula is C15H19FN2O. The molecule has 2 aliphatic rings. The Morgan fingerprint density at radius 1 is 1.42 bits per heavy atom. The van der Waals surface area contributed by atoms with E-state index in [1.54, 1.807) is 12.1 Å². The van der Waals surface area contributed by atoms with Gasteiger partial charge in [0.2, 0.25) is 5.91 Å². The number of carbonyl (C=O) groups is 1. The van der Waals surface area contributed by atoms with Crippen LogP contribution in [0.3, 0.4) is 0 Å². The van der Waals surface area contributed by atoms with Crippen LogP contribution >= 0.6 is 0 Å². The van der Waals surface area contributed by atoms with Crippen LogP contribution in [0.4, 0.5) is 10.1 Å². The fourth-order valence-electron chi connectivity index (χ4n) is 3.15. The number of piperidine rings is 1. The predicted octanol–water partition coefficient (Wildman–Crippen LogP) is 2.46. The lowest BCUT2D eigenvalue weighted by Crippen LogP contribution is -2.31. The van der Waals surface area contributed by atoms with E-state index in [1.807, 2.05) is 6.92 Å². The molecule has 19 heavy (non-hydrogen) atoms. The van der Waals surface area contributed by atoms with Crippen LogP contribution in [0.5, 0.6) is 0 Å². The van der Waals surface area contributed by atoms with Crippen molar-refractivity contribution in [2.24, 2.45) is 11.3 Å². The zero-order valence-electron chi connectivity index (χ0n) is 11.1. The number of amides is 1. The monoisotopic (exact) mass is 262 g/mol. The van der Waals surface area contributed by atoms with Gasteiger partial charge in [-0.3, -0.25) is 4.79 Å². The fourth-order valence-corrected chi connectivity index (χ4v) is 3.15. The topological polar surface area (TPSA) is 41.1 Å². The van der Waals surface area contributed by atoms with Crippen LogP contribution in [-0.4, -0.2) is 19.0 Å². The van der Waals surface area contributed by atoms with Gasteiger partial charge >= 0.3 is 0 Å². The number of carbonyl (C=O) groups excluding carboxylic acids is 1. The first-order valence-corrected chi connectivity index (χ1v) is 6.88. The van der Waals surface area contributed by atoms with E-state index in [9.17, 15) is 9.18 Å². The molecule has 3 nitrogen and oxygen atoms in total. The van der Waals surface area contributed by atoms with Crippen molar-refractivity contribution in [1.29, 1.82) is 0 Å². The van der Waals surface area contributed by atoms with Gasteiger partial charge in [-0.2, -0.15) is 0 Å². The van der Waals surface area contributed by atoms with E-state index in [0.29, 0.717) is 5.69 Å². The second-order valence-electron chi connectivity index (χ2n) is 5.84. The van der Waals surface area contributed by atoms with Crippen molar-refractivity contribution in [3.05, 3.63) is 29.6 Å². The highest BCUT2D eigenvalue weighted by atomic mass is 19.1. The van der Waals surface area contributed by atoms with Crippen molar-refractivity contribution < 1.29 is 9.18 Å². The molecule has 4 heteroatoms. The van der Waals surface area contributed by atoms with Gasteiger partial charge in [-0.25, -0.2) is 4.39 Å². The average molecular weight is 262 g/mol. The van der Waals surface area contributed by atoms with Crippen LogP contribution in [-0.2, 0) is 4.79 Å². The maximum atomic E-state index is 13.6. The zero-order chi connectivity index (χ0) is 13.5. The summed E-state index contributed by atoms with van der Waals surface area (Å²) in [6.45, 7) is 3.87. The third-order valence-electron chi connectivity index (χ3n) is 4.49. The maximum Gasteiger partial charge on any atom is 0.228 e. The molecule has 2 N–H and O–H groups in total. The zero-order valence-corrected chi connectivity index (χ0v) is 11.1. The third-order valence-corrected chi connectivity index (χ3v) is 4.49. The highest BCUT2D eigenvalue weighted by Crippen LogP contribution is 2.58. The molecule has 1 atom stereocenters. The Morgan fingerprint density at radius 2 is 2.16 bits per heavy atom. The molecule has 0 aromatic heterocycles. The van der Waals surface area contributed by atoms with E-state index in [1.165, 1.54) is 6.07 Å². The van der Waals surface area contributed by atoms with Crippen molar-refractivity contribution >= 4 is 11.6 Å². The molecule has 1 spiro atoms. The molecule has 1 unspecified atom stereocenters. The second-order valence-corrected chi connectivity index (χ2v) is 5.84. The van der Waals surface area contributed by atoms with E-state index in [-0.39, 0.29) is 23.1 Å². The van der Waals surface area contributed by atoms with Crippen LogP contribution in [0, 0.1) is 24.1 Å². The summed E-state index contributed by atoms with van der Waals surface area (Å²) in [6, 6.07) is 4.79. The summed E-state index contributed by atoms with van der Waals surface area (Å²) in [5.74, 6) is -0.320. The highest BCUT2D eigenvalue weighted by Gasteiger charge is 2.57. The van der Waals surface area contributed by atoms with E-state index in [2.05, 4.69) is 10.6 Å². The van der Waals surface area contributed by atoms with E-state index >= 15 is 0 Å². The van der Waals surface area contributed by atoms with Crippen molar-refractivity contribution in [1.82, 2.24) is 5.32 Å². The summed E-state index contributed by atoms with van der Waals surface area (Å²) in [4.78, 5) is 12.2. The number of halogens is 1. The Kier molecular flexibility index (Phi) is 3.05. The first-order valence-electron chi connectivity index (χ1n) is 6.88. The molecule has 0 radical (unpaired) electrons. The molecule has 1 saturated carbocycles. The fraction of sp³-hybridized carbons (Fsp3) is 0.533. The number of rotatable bonds is 2. The number of anilines is 1. The highest BCUT2D eigenvalue weighted by molar-refractivity contribution is 5.95. The molecule has 1 aromatic carbocycles. The van der Waals surface area contributed by atoms with Crippen molar-refractivity contribution in [3.63, 3.8) is 0 Å². The number of hydrogen-bond donors (Lipinski definition) is 2. The first kappa shape index (κ1) is 12.6. The Morgan fingerprint density at radius 3 is 2.89 bits per heavy atom. The van der Waals surface area contributed by atoms with Gasteiger partial charge in [0.25, 0.3) is 0 Å². The molecule has 1 aliphatic heterocycles. The smallest absolute Gasteiger partial charge is 0.228 e. The standard InChI is InChI=1S/C15H19FN2O/c1-10-2-3-12(16)13(8-10)18-14(19)11-9-15(11)4-6-17-7-5-15/h2-3,8,11,17H,4-7,9H2,1H3,(H,18,19). The van der Waals surface area contributed by atoms with E-state index in [4.69, 9.17) is 0 Å². The molecule has 1 saturated heterocycles. The Labute approximate surface area is 112 Å². The second kappa shape index (κ2) is 4.60. The summed E-state index contributed by atoms with van der Waals surface area (Å²) in [7, 11) is 0. The minimum absolute atomic E-state index is 0.0219. The van der Waals surface area contributed by atoms with Crippen molar-refractivity contribution in [2.75, 3.05) is 18.4 Å². The van der Waals surface area contributed by atoms with E-state index < -0.39 is 0 Å². The largest absolute Gasteiger partial charge is 0.323 e. The molecule has 0 bridgehead atoms. The normalized spacial score (nSPS) is 24.2. The Bertz CT molecular complexity index is 509. The predicted molar refractivity (Wildman–Crippen MR) is 72.4 cm³/mol. The van der Waals surface area contributed by atoms with Gasteiger partial charge in [-0.1, -0.05) is 6.07 Å². The number of hydrogen-bond acceptors (Lipinski definition) is 2. The van der Waals surface area contributed by atoms with Crippen LogP contribution in [0.25, 0.3) is 0 Å². The Hall–Kier alpha value is -1.42. The summed E-state index contributed by atoms with van der Waals surface area (Å²) in [5.41, 5.74) is 1.44. The van der Waals surface area contributed by atoms with E-state index in [0.717, 1.165) is 37.9 Å². The van der Waals surface area contributed by atoms with Crippen molar-refractivity contribution in [2.45, 2.75) is 26.2 Å². The average Bonchev–Trinajstić information content (AvgIpc) is 3.08. The van der Waals surface area contributed by atoms with Gasteiger partial charge in [-0.05, 0) is 62.4 Å². The first-order chi connectivity index (χ1) is 9.11. The minimum Gasteiger partial charge on any atom is -0.323 e. The summed E-state index contributed by atoms with van der Waals surface area (Å²) in [5, 5.41) is 6.06.